The molecule has 0 saturated heterocycles. The largest absolute Gasteiger partial charge is 0.493 e. The maximum Gasteiger partial charge on any atom is 0.335 e. The molecule has 0 bridgehead atoms. The Balaban J connectivity index is 2.23. The molecule has 0 saturated carbocycles. The Labute approximate surface area is 182 Å². The highest BCUT2D eigenvalue weighted by Gasteiger charge is 2.23. The van der Waals surface area contributed by atoms with E-state index in [0.29, 0.717) is 30.2 Å². The molecule has 31 heavy (non-hydrogen) atoms. The van der Waals surface area contributed by atoms with Crippen molar-refractivity contribution in [1.82, 2.24) is 4.72 Å². The number of carboxylic acids is 1. The highest BCUT2D eigenvalue weighted by Crippen LogP contribution is 2.28. The summed E-state index contributed by atoms with van der Waals surface area (Å²) >= 11 is 0. The Kier molecular flexibility index (Phi) is 8.66. The Bertz CT molecular complexity index is 1010. The van der Waals surface area contributed by atoms with Crippen LogP contribution in [0.5, 0.6) is 11.5 Å². The standard InChI is InChI=1S/C21H28N2O7S/c1-14(13-28-2)23-31(26,27)20-12-16(21(24)25)6-7-17(20)22-10-9-15-5-8-18(29-3)19(11-15)30-4/h5-8,11-12,14,22-23H,9-10,13H2,1-4H3,(H,24,25)/t14-/m0/s1. The summed E-state index contributed by atoms with van der Waals surface area (Å²) in [7, 11) is 0.607. The molecule has 0 radical (unpaired) electrons. The zero-order valence-electron chi connectivity index (χ0n) is 18.0. The van der Waals surface area contributed by atoms with Crippen molar-refractivity contribution in [3.05, 3.63) is 47.5 Å². The highest BCUT2D eigenvalue weighted by atomic mass is 32.2. The summed E-state index contributed by atoms with van der Waals surface area (Å²) < 4.78 is 43.7. The number of hydrogen-bond donors (Lipinski definition) is 3. The van der Waals surface area contributed by atoms with Crippen LogP contribution in [0.2, 0.25) is 0 Å². The summed E-state index contributed by atoms with van der Waals surface area (Å²) in [4.78, 5) is 11.2. The fourth-order valence-electron chi connectivity index (χ4n) is 3.01. The van der Waals surface area contributed by atoms with Gasteiger partial charge in [-0.2, -0.15) is 0 Å². The second kappa shape index (κ2) is 11.0. The van der Waals surface area contributed by atoms with Gasteiger partial charge in [-0.15, -0.1) is 0 Å². The van der Waals surface area contributed by atoms with Gasteiger partial charge in [0.15, 0.2) is 11.5 Å². The molecule has 170 valence electrons. The Morgan fingerprint density at radius 1 is 1.06 bits per heavy atom. The van der Waals surface area contributed by atoms with Crippen LogP contribution in [0.3, 0.4) is 0 Å². The third-order valence-corrected chi connectivity index (χ3v) is 6.10. The first-order valence-electron chi connectivity index (χ1n) is 9.55. The van der Waals surface area contributed by atoms with Crippen LogP contribution >= 0.6 is 0 Å². The summed E-state index contributed by atoms with van der Waals surface area (Å²) in [6.45, 7) is 2.25. The number of hydrogen-bond acceptors (Lipinski definition) is 7. The van der Waals surface area contributed by atoms with Gasteiger partial charge in [-0.3, -0.25) is 0 Å². The number of benzene rings is 2. The van der Waals surface area contributed by atoms with Crippen molar-refractivity contribution in [2.24, 2.45) is 0 Å². The van der Waals surface area contributed by atoms with Gasteiger partial charge in [0.1, 0.15) is 4.90 Å². The van der Waals surface area contributed by atoms with E-state index in [4.69, 9.17) is 14.2 Å². The monoisotopic (exact) mass is 452 g/mol. The van der Waals surface area contributed by atoms with Crippen LogP contribution < -0.4 is 19.5 Å². The van der Waals surface area contributed by atoms with E-state index in [2.05, 4.69) is 10.0 Å². The van der Waals surface area contributed by atoms with Crippen molar-refractivity contribution in [1.29, 1.82) is 0 Å². The molecule has 9 nitrogen and oxygen atoms in total. The zero-order valence-corrected chi connectivity index (χ0v) is 18.8. The van der Waals surface area contributed by atoms with Gasteiger partial charge in [0.05, 0.1) is 32.1 Å². The molecule has 2 aromatic rings. The number of aromatic carboxylic acids is 1. The van der Waals surface area contributed by atoms with E-state index in [1.54, 1.807) is 27.2 Å². The van der Waals surface area contributed by atoms with Crippen molar-refractivity contribution in [3.63, 3.8) is 0 Å². The molecule has 0 unspecified atom stereocenters. The van der Waals surface area contributed by atoms with E-state index in [-0.39, 0.29) is 17.1 Å². The van der Waals surface area contributed by atoms with E-state index in [0.717, 1.165) is 11.6 Å². The van der Waals surface area contributed by atoms with E-state index < -0.39 is 22.0 Å². The lowest BCUT2D eigenvalue weighted by molar-refractivity contribution is 0.0696. The second-order valence-electron chi connectivity index (χ2n) is 6.86. The first kappa shape index (κ1) is 24.4. The predicted molar refractivity (Wildman–Crippen MR) is 117 cm³/mol. The molecule has 1 atom stereocenters. The van der Waals surface area contributed by atoms with Crippen LogP contribution in [-0.4, -0.2) is 60.0 Å². The van der Waals surface area contributed by atoms with Crippen LogP contribution in [0.25, 0.3) is 0 Å². The van der Waals surface area contributed by atoms with E-state index in [9.17, 15) is 18.3 Å². The van der Waals surface area contributed by atoms with Gasteiger partial charge in [-0.05, 0) is 49.2 Å². The van der Waals surface area contributed by atoms with E-state index in [1.807, 2.05) is 12.1 Å². The molecule has 0 fully saturated rings. The minimum Gasteiger partial charge on any atom is -0.493 e. The average Bonchev–Trinajstić information content (AvgIpc) is 2.73. The van der Waals surface area contributed by atoms with Gasteiger partial charge >= 0.3 is 5.97 Å². The number of sulfonamides is 1. The van der Waals surface area contributed by atoms with Gasteiger partial charge in [0.2, 0.25) is 10.0 Å². The fourth-order valence-corrected chi connectivity index (χ4v) is 4.45. The van der Waals surface area contributed by atoms with Crippen LogP contribution in [0.15, 0.2) is 41.3 Å². The van der Waals surface area contributed by atoms with Crippen molar-refractivity contribution < 1.29 is 32.5 Å². The molecule has 10 heteroatoms. The van der Waals surface area contributed by atoms with Crippen molar-refractivity contribution in [2.75, 3.05) is 39.8 Å². The molecule has 0 spiro atoms. The number of ether oxygens (including phenoxy) is 3. The summed E-state index contributed by atoms with van der Waals surface area (Å²) in [5, 5.41) is 12.4. The van der Waals surface area contributed by atoms with Crippen molar-refractivity contribution in [2.45, 2.75) is 24.3 Å². The zero-order chi connectivity index (χ0) is 23.0. The van der Waals surface area contributed by atoms with Gasteiger partial charge in [-0.1, -0.05) is 6.07 Å². The normalized spacial score (nSPS) is 12.3. The number of methoxy groups -OCH3 is 3. The molecule has 0 aliphatic rings. The molecule has 0 aliphatic heterocycles. The van der Waals surface area contributed by atoms with E-state index >= 15 is 0 Å². The van der Waals surface area contributed by atoms with Gasteiger partial charge in [0, 0.05) is 19.7 Å². The highest BCUT2D eigenvalue weighted by molar-refractivity contribution is 7.89. The SMILES string of the molecule is COC[C@H](C)NS(=O)(=O)c1cc(C(=O)O)ccc1NCCc1ccc(OC)c(OC)c1. The summed E-state index contributed by atoms with van der Waals surface area (Å²) in [6.07, 6.45) is 0.577. The van der Waals surface area contributed by atoms with Crippen LogP contribution in [0.4, 0.5) is 5.69 Å². The Morgan fingerprint density at radius 3 is 2.39 bits per heavy atom. The van der Waals surface area contributed by atoms with E-state index in [1.165, 1.54) is 19.2 Å². The first-order valence-corrected chi connectivity index (χ1v) is 11.0. The summed E-state index contributed by atoms with van der Waals surface area (Å²) in [6, 6.07) is 9.01. The first-order chi connectivity index (χ1) is 14.7. The van der Waals surface area contributed by atoms with Crippen LogP contribution in [0.1, 0.15) is 22.8 Å². The quantitative estimate of drug-likeness (QED) is 0.449. The van der Waals surface area contributed by atoms with Gasteiger partial charge < -0.3 is 24.6 Å². The Hall–Kier alpha value is -2.82. The van der Waals surface area contributed by atoms with Gasteiger partial charge in [-0.25, -0.2) is 17.9 Å². The molecular formula is C21H28N2O7S. The molecule has 0 heterocycles. The van der Waals surface area contributed by atoms with Gasteiger partial charge in [0.25, 0.3) is 0 Å². The maximum atomic E-state index is 12.9. The molecule has 2 rings (SSSR count). The molecule has 2 aromatic carbocycles. The summed E-state index contributed by atoms with van der Waals surface area (Å²) in [5.41, 5.74) is 1.15. The Morgan fingerprint density at radius 2 is 1.77 bits per heavy atom. The molecule has 0 aromatic heterocycles. The molecule has 0 aliphatic carbocycles. The van der Waals surface area contributed by atoms with Crippen molar-refractivity contribution in [3.8, 4) is 11.5 Å². The number of rotatable bonds is 12. The lowest BCUT2D eigenvalue weighted by atomic mass is 10.1. The molecule has 3 N–H and O–H groups in total. The molecule has 0 amide bonds. The fraction of sp³-hybridized carbons (Fsp3) is 0.381. The maximum absolute atomic E-state index is 12.9. The topological polar surface area (TPSA) is 123 Å². The lowest BCUT2D eigenvalue weighted by Gasteiger charge is -2.17. The number of nitrogens with one attached hydrogen (secondary N) is 2. The smallest absolute Gasteiger partial charge is 0.335 e. The van der Waals surface area contributed by atoms with Crippen LogP contribution in [-0.2, 0) is 21.2 Å². The number of anilines is 1. The minimum atomic E-state index is -3.98. The average molecular weight is 453 g/mol. The molecular weight excluding hydrogens is 424 g/mol. The predicted octanol–water partition coefficient (Wildman–Crippen LogP) is 2.37. The number of carbonyl (C=O) groups is 1. The second-order valence-corrected chi connectivity index (χ2v) is 8.54. The minimum absolute atomic E-state index is 0.120. The lowest BCUT2D eigenvalue weighted by Crippen LogP contribution is -2.36. The summed E-state index contributed by atoms with van der Waals surface area (Å²) in [5.74, 6) is 0.0109. The third kappa shape index (κ3) is 6.58. The third-order valence-electron chi connectivity index (χ3n) is 4.47. The number of carboxylic acid groups (broad SMARTS) is 1. The van der Waals surface area contributed by atoms with Crippen molar-refractivity contribution >= 4 is 21.7 Å². The van der Waals surface area contributed by atoms with Crippen LogP contribution in [0, 0.1) is 0 Å².